The molecule has 3 heterocycles. The van der Waals surface area contributed by atoms with Gasteiger partial charge in [-0.2, -0.15) is 0 Å². The Morgan fingerprint density at radius 3 is 2.51 bits per heavy atom. The van der Waals surface area contributed by atoms with Crippen LogP contribution in [0.1, 0.15) is 21.6 Å². The fourth-order valence-electron chi connectivity index (χ4n) is 3.15. The monoisotopic (exact) mass is 484 g/mol. The molecule has 3 aromatic heterocycles. The number of nitrogens with zero attached hydrogens (tertiary/aromatic N) is 4. The van der Waals surface area contributed by atoms with Gasteiger partial charge in [-0.25, -0.2) is 9.37 Å². The summed E-state index contributed by atoms with van der Waals surface area (Å²) in [4.78, 5) is 28.6. The Bertz CT molecular complexity index is 1360. The number of carbonyl (C=O) groups is 1. The van der Waals surface area contributed by atoms with Crippen LogP contribution in [0.25, 0.3) is 11.3 Å². The zero-order chi connectivity index (χ0) is 25.0. The summed E-state index contributed by atoms with van der Waals surface area (Å²) in [6, 6.07) is 7.59. The molecule has 0 aliphatic heterocycles. The Kier molecular flexibility index (Phi) is 6.67. The third-order valence-electron chi connectivity index (χ3n) is 4.78. The fourth-order valence-corrected chi connectivity index (χ4v) is 3.15. The standard InChI is InChI=1S/C24H16F4N4O3/c1-14-6-8-29-12-18(14)21(33)9-15-11-32-20(13-31-15)17-10-16(4-5-22(17)35-24(26,27)28)34-23-19(25)3-2-7-30-23/h2-8,10-13H,9H2,1H3. The van der Waals surface area contributed by atoms with E-state index in [2.05, 4.69) is 24.7 Å². The summed E-state index contributed by atoms with van der Waals surface area (Å²) in [5.41, 5.74) is 1.41. The predicted molar refractivity (Wildman–Crippen MR) is 115 cm³/mol. The van der Waals surface area contributed by atoms with Gasteiger partial charge in [-0.05, 0) is 48.9 Å². The van der Waals surface area contributed by atoms with Gasteiger partial charge in [-0.3, -0.25) is 19.7 Å². The lowest BCUT2D eigenvalue weighted by Crippen LogP contribution is -2.17. The Labute approximate surface area is 196 Å². The first-order chi connectivity index (χ1) is 16.7. The number of aryl methyl sites for hydroxylation is 1. The molecule has 0 spiro atoms. The molecular weight excluding hydrogens is 468 g/mol. The number of ether oxygens (including phenoxy) is 2. The SMILES string of the molecule is Cc1ccncc1C(=O)Cc1cnc(-c2cc(Oc3ncccc3F)ccc2OC(F)(F)F)cn1. The normalized spacial score (nSPS) is 11.2. The molecule has 0 aliphatic carbocycles. The van der Waals surface area contributed by atoms with Gasteiger partial charge in [0, 0.05) is 35.9 Å². The van der Waals surface area contributed by atoms with Crippen molar-refractivity contribution >= 4 is 5.78 Å². The molecule has 0 radical (unpaired) electrons. The number of halogens is 4. The van der Waals surface area contributed by atoms with E-state index < -0.39 is 17.9 Å². The molecule has 0 aliphatic rings. The molecular formula is C24H16F4N4O3. The number of benzene rings is 1. The number of hydrogen-bond donors (Lipinski definition) is 0. The quantitative estimate of drug-likeness (QED) is 0.253. The average molecular weight is 484 g/mol. The summed E-state index contributed by atoms with van der Waals surface area (Å²) in [5, 5.41) is 0. The molecule has 0 amide bonds. The van der Waals surface area contributed by atoms with E-state index in [-0.39, 0.29) is 35.1 Å². The van der Waals surface area contributed by atoms with E-state index in [9.17, 15) is 22.4 Å². The second-order valence-electron chi connectivity index (χ2n) is 7.28. The van der Waals surface area contributed by atoms with Crippen LogP contribution in [0.4, 0.5) is 17.6 Å². The van der Waals surface area contributed by atoms with Gasteiger partial charge in [-0.1, -0.05) is 0 Å². The number of aromatic nitrogens is 4. The van der Waals surface area contributed by atoms with Crippen molar-refractivity contribution in [1.82, 2.24) is 19.9 Å². The molecule has 0 saturated carbocycles. The summed E-state index contributed by atoms with van der Waals surface area (Å²) in [7, 11) is 0. The van der Waals surface area contributed by atoms with E-state index in [0.29, 0.717) is 11.3 Å². The minimum atomic E-state index is -4.97. The lowest BCUT2D eigenvalue weighted by molar-refractivity contribution is -0.274. The van der Waals surface area contributed by atoms with Crippen molar-refractivity contribution in [3.8, 4) is 28.6 Å². The van der Waals surface area contributed by atoms with Crippen molar-refractivity contribution in [1.29, 1.82) is 0 Å². The molecule has 11 heteroatoms. The van der Waals surface area contributed by atoms with Gasteiger partial charge in [0.1, 0.15) is 11.5 Å². The Morgan fingerprint density at radius 1 is 1.00 bits per heavy atom. The van der Waals surface area contributed by atoms with Crippen LogP contribution in [0.2, 0.25) is 0 Å². The van der Waals surface area contributed by atoms with E-state index in [1.54, 1.807) is 19.2 Å². The van der Waals surface area contributed by atoms with Gasteiger partial charge < -0.3 is 9.47 Å². The molecule has 0 fully saturated rings. The summed E-state index contributed by atoms with van der Waals surface area (Å²) in [6.45, 7) is 1.78. The van der Waals surface area contributed by atoms with Crippen LogP contribution >= 0.6 is 0 Å². The highest BCUT2D eigenvalue weighted by Crippen LogP contribution is 2.36. The molecule has 0 bridgehead atoms. The molecule has 0 unspecified atom stereocenters. The molecule has 35 heavy (non-hydrogen) atoms. The van der Waals surface area contributed by atoms with Gasteiger partial charge in [0.15, 0.2) is 11.6 Å². The van der Waals surface area contributed by atoms with Gasteiger partial charge >= 0.3 is 6.36 Å². The first-order valence-electron chi connectivity index (χ1n) is 10.1. The van der Waals surface area contributed by atoms with Gasteiger partial charge in [-0.15, -0.1) is 13.2 Å². The van der Waals surface area contributed by atoms with Crippen molar-refractivity contribution in [2.45, 2.75) is 19.7 Å². The molecule has 178 valence electrons. The third kappa shape index (κ3) is 5.94. The lowest BCUT2D eigenvalue weighted by Gasteiger charge is -2.14. The van der Waals surface area contributed by atoms with Crippen LogP contribution in [-0.4, -0.2) is 32.1 Å². The number of carbonyl (C=O) groups excluding carboxylic acids is 1. The number of hydrogen-bond acceptors (Lipinski definition) is 7. The number of pyridine rings is 2. The van der Waals surface area contributed by atoms with Crippen LogP contribution in [0.5, 0.6) is 17.4 Å². The number of rotatable bonds is 7. The van der Waals surface area contributed by atoms with Gasteiger partial charge in [0.05, 0.1) is 24.0 Å². The first-order valence-corrected chi connectivity index (χ1v) is 10.1. The lowest BCUT2D eigenvalue weighted by atomic mass is 10.0. The fraction of sp³-hybridized carbons (Fsp3) is 0.125. The smallest absolute Gasteiger partial charge is 0.436 e. The molecule has 7 nitrogen and oxygen atoms in total. The average Bonchev–Trinajstić information content (AvgIpc) is 2.81. The maximum atomic E-state index is 13.9. The molecule has 4 aromatic rings. The minimum absolute atomic E-state index is 0.000214. The van der Waals surface area contributed by atoms with E-state index >= 15 is 0 Å². The van der Waals surface area contributed by atoms with E-state index in [4.69, 9.17) is 4.74 Å². The molecule has 1 aromatic carbocycles. The van der Waals surface area contributed by atoms with Crippen LogP contribution in [0.15, 0.2) is 67.4 Å². The van der Waals surface area contributed by atoms with Crippen LogP contribution in [0.3, 0.4) is 0 Å². The highest BCUT2D eigenvalue weighted by Gasteiger charge is 2.32. The molecule has 0 N–H and O–H groups in total. The van der Waals surface area contributed by atoms with Crippen molar-refractivity contribution in [3.05, 3.63) is 90.0 Å². The van der Waals surface area contributed by atoms with E-state index in [0.717, 1.165) is 17.7 Å². The maximum Gasteiger partial charge on any atom is 0.573 e. The van der Waals surface area contributed by atoms with Crippen molar-refractivity contribution in [2.75, 3.05) is 0 Å². The van der Waals surface area contributed by atoms with Crippen molar-refractivity contribution in [3.63, 3.8) is 0 Å². The summed E-state index contributed by atoms with van der Waals surface area (Å²) >= 11 is 0. The molecule has 0 atom stereocenters. The van der Waals surface area contributed by atoms with Crippen LogP contribution in [0, 0.1) is 12.7 Å². The second kappa shape index (κ2) is 9.84. The maximum absolute atomic E-state index is 13.9. The van der Waals surface area contributed by atoms with Gasteiger partial charge in [0.2, 0.25) is 0 Å². The Hall–Kier alpha value is -4.41. The van der Waals surface area contributed by atoms with E-state index in [1.807, 2.05) is 0 Å². The first kappa shape index (κ1) is 23.7. The molecule has 4 rings (SSSR count). The minimum Gasteiger partial charge on any atom is -0.436 e. The second-order valence-corrected chi connectivity index (χ2v) is 7.28. The topological polar surface area (TPSA) is 87.1 Å². The largest absolute Gasteiger partial charge is 0.573 e. The summed E-state index contributed by atoms with van der Waals surface area (Å²) < 4.78 is 62.2. The zero-order valence-corrected chi connectivity index (χ0v) is 18.1. The highest BCUT2D eigenvalue weighted by atomic mass is 19.4. The van der Waals surface area contributed by atoms with Crippen molar-refractivity contribution in [2.24, 2.45) is 0 Å². The summed E-state index contributed by atoms with van der Waals surface area (Å²) in [5.74, 6) is -1.89. The van der Waals surface area contributed by atoms with E-state index in [1.165, 1.54) is 43.0 Å². The number of Topliss-reactive ketones (excluding diaryl/α,β-unsaturated/α-hetero) is 1. The van der Waals surface area contributed by atoms with Crippen molar-refractivity contribution < 1.29 is 31.8 Å². The zero-order valence-electron chi connectivity index (χ0n) is 18.1. The highest BCUT2D eigenvalue weighted by molar-refractivity contribution is 5.98. The van der Waals surface area contributed by atoms with Gasteiger partial charge in [0.25, 0.3) is 5.88 Å². The Morgan fingerprint density at radius 2 is 1.83 bits per heavy atom. The summed E-state index contributed by atoms with van der Waals surface area (Å²) in [6.07, 6.45) is 1.78. The third-order valence-corrected chi connectivity index (χ3v) is 4.78. The molecule has 0 saturated heterocycles. The number of alkyl halides is 3. The number of ketones is 1. The van der Waals surface area contributed by atoms with Crippen LogP contribution < -0.4 is 9.47 Å². The predicted octanol–water partition coefficient (Wildman–Crippen LogP) is 5.50. The Balaban J connectivity index is 1.63. The van der Waals surface area contributed by atoms with Crippen LogP contribution in [-0.2, 0) is 6.42 Å².